The Balaban J connectivity index is 2.32. The zero-order valence-corrected chi connectivity index (χ0v) is 13.0. The summed E-state index contributed by atoms with van der Waals surface area (Å²) in [7, 11) is 1.49. The lowest BCUT2D eigenvalue weighted by Gasteiger charge is -2.11. The molecule has 0 saturated carbocycles. The summed E-state index contributed by atoms with van der Waals surface area (Å²) in [6, 6.07) is 9.22. The predicted molar refractivity (Wildman–Crippen MR) is 82.3 cm³/mol. The van der Waals surface area contributed by atoms with Gasteiger partial charge in [0.25, 0.3) is 5.91 Å². The number of halogens is 2. The van der Waals surface area contributed by atoms with Gasteiger partial charge in [0, 0.05) is 9.37 Å². The van der Waals surface area contributed by atoms with E-state index in [4.69, 9.17) is 4.74 Å². The molecule has 6 heteroatoms. The Labute approximate surface area is 129 Å². The van der Waals surface area contributed by atoms with E-state index in [0.29, 0.717) is 16.3 Å². The highest BCUT2D eigenvalue weighted by Gasteiger charge is 2.14. The Morgan fingerprint density at radius 1 is 1.30 bits per heavy atom. The maximum absolute atomic E-state index is 13.6. The lowest BCUT2D eigenvalue weighted by Crippen LogP contribution is -2.14. The zero-order chi connectivity index (χ0) is 14.7. The second kappa shape index (κ2) is 6.28. The highest BCUT2D eigenvalue weighted by atomic mass is 79.9. The Morgan fingerprint density at radius 2 is 2.05 bits per heavy atom. The molecule has 0 bridgehead atoms. The quantitative estimate of drug-likeness (QED) is 0.812. The number of benzene rings is 2. The summed E-state index contributed by atoms with van der Waals surface area (Å²) in [6.45, 7) is 0. The number of anilines is 1. The maximum atomic E-state index is 13.6. The summed E-state index contributed by atoms with van der Waals surface area (Å²) in [4.78, 5) is 12.6. The molecule has 2 aromatic carbocycles. The number of hydrogen-bond donors (Lipinski definition) is 2. The van der Waals surface area contributed by atoms with Crippen LogP contribution in [0.2, 0.25) is 0 Å². The van der Waals surface area contributed by atoms with Crippen molar-refractivity contribution < 1.29 is 13.9 Å². The molecule has 1 N–H and O–H groups in total. The SMILES string of the molecule is COc1ccc(Br)cc1NC(=O)c1cc(S)ccc1F. The van der Waals surface area contributed by atoms with Gasteiger partial charge in [0.1, 0.15) is 11.6 Å². The lowest BCUT2D eigenvalue weighted by atomic mass is 10.2. The van der Waals surface area contributed by atoms with E-state index in [1.165, 1.54) is 25.3 Å². The van der Waals surface area contributed by atoms with Crippen molar-refractivity contribution in [1.29, 1.82) is 0 Å². The van der Waals surface area contributed by atoms with E-state index in [-0.39, 0.29) is 5.56 Å². The smallest absolute Gasteiger partial charge is 0.258 e. The first-order valence-electron chi connectivity index (χ1n) is 5.64. The number of carbonyl (C=O) groups is 1. The van der Waals surface area contributed by atoms with Crippen molar-refractivity contribution >= 4 is 40.2 Å². The first-order chi connectivity index (χ1) is 9.51. The molecule has 0 saturated heterocycles. The molecule has 0 radical (unpaired) electrons. The van der Waals surface area contributed by atoms with Crippen LogP contribution in [0, 0.1) is 5.82 Å². The van der Waals surface area contributed by atoms with Crippen LogP contribution < -0.4 is 10.1 Å². The number of rotatable bonds is 3. The molecular formula is C14H11BrFNO2S. The van der Waals surface area contributed by atoms with Crippen LogP contribution in [0.4, 0.5) is 10.1 Å². The normalized spacial score (nSPS) is 10.2. The molecule has 0 aromatic heterocycles. The van der Waals surface area contributed by atoms with Gasteiger partial charge in [-0.05, 0) is 36.4 Å². The first kappa shape index (κ1) is 14.9. The van der Waals surface area contributed by atoms with Crippen molar-refractivity contribution in [2.24, 2.45) is 0 Å². The number of carbonyl (C=O) groups excluding carboxylic acids is 1. The van der Waals surface area contributed by atoms with Gasteiger partial charge in [0.15, 0.2) is 0 Å². The molecule has 0 heterocycles. The van der Waals surface area contributed by atoms with Gasteiger partial charge in [-0.2, -0.15) is 0 Å². The Kier molecular flexibility index (Phi) is 4.67. The summed E-state index contributed by atoms with van der Waals surface area (Å²) in [6.07, 6.45) is 0. The van der Waals surface area contributed by atoms with E-state index in [1.807, 2.05) is 0 Å². The molecule has 0 atom stereocenters. The van der Waals surface area contributed by atoms with Crippen molar-refractivity contribution in [3.05, 3.63) is 52.3 Å². The third kappa shape index (κ3) is 3.32. The number of ether oxygens (including phenoxy) is 1. The maximum Gasteiger partial charge on any atom is 0.258 e. The Bertz CT molecular complexity index is 664. The molecule has 0 aliphatic carbocycles. The van der Waals surface area contributed by atoms with Gasteiger partial charge in [-0.15, -0.1) is 12.6 Å². The monoisotopic (exact) mass is 355 g/mol. The number of nitrogens with one attached hydrogen (secondary N) is 1. The molecule has 3 nitrogen and oxygen atoms in total. The summed E-state index contributed by atoms with van der Waals surface area (Å²) >= 11 is 7.40. The van der Waals surface area contributed by atoms with Crippen molar-refractivity contribution in [3.63, 3.8) is 0 Å². The van der Waals surface area contributed by atoms with Crippen LogP contribution in [-0.4, -0.2) is 13.0 Å². The van der Waals surface area contributed by atoms with Crippen molar-refractivity contribution in [1.82, 2.24) is 0 Å². The molecule has 0 unspecified atom stereocenters. The average Bonchev–Trinajstić information content (AvgIpc) is 2.41. The van der Waals surface area contributed by atoms with Gasteiger partial charge in [0.05, 0.1) is 18.4 Å². The standard InChI is InChI=1S/C14H11BrFNO2S/c1-19-13-5-2-8(15)6-12(13)17-14(18)10-7-9(20)3-4-11(10)16/h2-7,20H,1H3,(H,17,18). The zero-order valence-electron chi connectivity index (χ0n) is 10.5. The summed E-state index contributed by atoms with van der Waals surface area (Å²) < 4.78 is 19.6. The second-order valence-corrected chi connectivity index (χ2v) is 5.39. The van der Waals surface area contributed by atoms with E-state index < -0.39 is 11.7 Å². The summed E-state index contributed by atoms with van der Waals surface area (Å²) in [5.41, 5.74) is 0.385. The molecule has 0 fully saturated rings. The summed E-state index contributed by atoms with van der Waals surface area (Å²) in [5.74, 6) is -0.673. The van der Waals surface area contributed by atoms with Crippen LogP contribution in [0.5, 0.6) is 5.75 Å². The van der Waals surface area contributed by atoms with Crippen LogP contribution in [-0.2, 0) is 0 Å². The van der Waals surface area contributed by atoms with E-state index in [2.05, 4.69) is 33.9 Å². The number of amides is 1. The third-order valence-electron chi connectivity index (χ3n) is 2.60. The Morgan fingerprint density at radius 3 is 2.75 bits per heavy atom. The van der Waals surface area contributed by atoms with Crippen LogP contribution in [0.3, 0.4) is 0 Å². The van der Waals surface area contributed by atoms with E-state index in [1.54, 1.807) is 18.2 Å². The minimum absolute atomic E-state index is 0.0699. The van der Waals surface area contributed by atoms with Gasteiger partial charge in [-0.3, -0.25) is 4.79 Å². The van der Waals surface area contributed by atoms with Crippen LogP contribution in [0.25, 0.3) is 0 Å². The fourth-order valence-electron chi connectivity index (χ4n) is 1.65. The fourth-order valence-corrected chi connectivity index (χ4v) is 2.22. The number of methoxy groups -OCH3 is 1. The van der Waals surface area contributed by atoms with Crippen LogP contribution in [0.15, 0.2) is 45.8 Å². The molecule has 0 spiro atoms. The molecule has 0 aliphatic heterocycles. The minimum atomic E-state index is -0.603. The molecule has 1 amide bonds. The highest BCUT2D eigenvalue weighted by Crippen LogP contribution is 2.28. The molecule has 2 rings (SSSR count). The first-order valence-corrected chi connectivity index (χ1v) is 6.88. The van der Waals surface area contributed by atoms with Gasteiger partial charge >= 0.3 is 0 Å². The van der Waals surface area contributed by atoms with E-state index in [0.717, 1.165) is 4.47 Å². The molecule has 2 aromatic rings. The van der Waals surface area contributed by atoms with Crippen molar-refractivity contribution in [2.45, 2.75) is 4.90 Å². The summed E-state index contributed by atoms with van der Waals surface area (Å²) in [5, 5.41) is 2.62. The van der Waals surface area contributed by atoms with E-state index in [9.17, 15) is 9.18 Å². The average molecular weight is 356 g/mol. The Hall–Kier alpha value is -1.53. The molecule has 104 valence electrons. The molecular weight excluding hydrogens is 345 g/mol. The lowest BCUT2D eigenvalue weighted by molar-refractivity contribution is 0.102. The molecule has 0 aliphatic rings. The molecule has 20 heavy (non-hydrogen) atoms. The highest BCUT2D eigenvalue weighted by molar-refractivity contribution is 9.10. The van der Waals surface area contributed by atoms with Crippen molar-refractivity contribution in [2.75, 3.05) is 12.4 Å². The minimum Gasteiger partial charge on any atom is -0.495 e. The third-order valence-corrected chi connectivity index (χ3v) is 3.38. The van der Waals surface area contributed by atoms with Gasteiger partial charge in [0.2, 0.25) is 0 Å². The predicted octanol–water partition coefficient (Wildman–Crippen LogP) is 4.14. The number of thiol groups is 1. The topological polar surface area (TPSA) is 38.3 Å². The van der Waals surface area contributed by atoms with Gasteiger partial charge in [-0.1, -0.05) is 15.9 Å². The largest absolute Gasteiger partial charge is 0.495 e. The van der Waals surface area contributed by atoms with Crippen LogP contribution >= 0.6 is 28.6 Å². The fraction of sp³-hybridized carbons (Fsp3) is 0.0714. The number of hydrogen-bond acceptors (Lipinski definition) is 3. The van der Waals surface area contributed by atoms with E-state index >= 15 is 0 Å². The van der Waals surface area contributed by atoms with Gasteiger partial charge in [-0.25, -0.2) is 4.39 Å². The second-order valence-electron chi connectivity index (χ2n) is 3.96. The van der Waals surface area contributed by atoms with Crippen LogP contribution in [0.1, 0.15) is 10.4 Å². The van der Waals surface area contributed by atoms with Crippen molar-refractivity contribution in [3.8, 4) is 5.75 Å². The van der Waals surface area contributed by atoms with Gasteiger partial charge < -0.3 is 10.1 Å².